The van der Waals surface area contributed by atoms with E-state index in [1.165, 1.54) is 53.5 Å². The monoisotopic (exact) mass is 598 g/mol. The lowest BCUT2D eigenvalue weighted by atomic mass is 9.48. The molecule has 0 spiro atoms. The van der Waals surface area contributed by atoms with Crippen molar-refractivity contribution in [2.75, 3.05) is 7.11 Å². The number of phenols is 1. The van der Waals surface area contributed by atoms with Gasteiger partial charge in [0.05, 0.1) is 0 Å². The predicted octanol–water partition coefficient (Wildman–Crippen LogP) is 11.0. The normalized spacial score (nSPS) is 33.4. The molecule has 0 radical (unpaired) electrons. The maximum Gasteiger partial charge on any atom is 0.133 e. The lowest BCUT2D eigenvalue weighted by Gasteiger charge is -2.58. The van der Waals surface area contributed by atoms with Crippen LogP contribution in [-0.2, 0) is 15.6 Å². The highest BCUT2D eigenvalue weighted by Gasteiger charge is 2.59. The van der Waals surface area contributed by atoms with Crippen LogP contribution < -0.4 is 4.74 Å². The molecule has 3 heteroatoms. The summed E-state index contributed by atoms with van der Waals surface area (Å²) >= 11 is 0. The van der Waals surface area contributed by atoms with Crippen molar-refractivity contribution in [1.82, 2.24) is 0 Å². The van der Waals surface area contributed by atoms with E-state index in [0.717, 1.165) is 24.2 Å². The smallest absolute Gasteiger partial charge is 0.133 e. The minimum atomic E-state index is -0.216. The minimum Gasteiger partial charge on any atom is -0.508 e. The van der Waals surface area contributed by atoms with E-state index in [1.807, 2.05) is 7.11 Å². The highest BCUT2D eigenvalue weighted by atomic mass is 16.5. The number of hydrogen-bond acceptors (Lipinski definition) is 3. The van der Waals surface area contributed by atoms with Gasteiger partial charge in [-0.05, 0) is 123 Å². The summed E-state index contributed by atoms with van der Waals surface area (Å²) in [5.41, 5.74) is 7.87. The first-order chi connectivity index (χ1) is 20.5. The van der Waals surface area contributed by atoms with E-state index in [2.05, 4.69) is 106 Å². The number of allylic oxidation sites excluding steroid dienone is 1. The lowest BCUT2D eigenvalue weighted by Crippen LogP contribution is -2.58. The fourth-order valence-corrected chi connectivity index (χ4v) is 10.8. The Labute approximate surface area is 267 Å². The van der Waals surface area contributed by atoms with Gasteiger partial charge in [0.15, 0.2) is 0 Å². The van der Waals surface area contributed by atoms with Crippen LogP contribution in [0.5, 0.6) is 11.5 Å². The fraction of sp³-hybridized carbons (Fsp3) is 0.659. The van der Waals surface area contributed by atoms with Crippen molar-refractivity contribution in [3.8, 4) is 11.5 Å². The number of ether oxygens (including phenoxy) is 2. The lowest BCUT2D eigenvalue weighted by molar-refractivity contribution is -0.113. The summed E-state index contributed by atoms with van der Waals surface area (Å²) in [6.07, 6.45) is 11.7. The molecule has 6 atom stereocenters. The third-order valence-electron chi connectivity index (χ3n) is 12.9. The maximum absolute atomic E-state index is 11.2. The Balaban J connectivity index is 1.54. The van der Waals surface area contributed by atoms with Gasteiger partial charge in [-0.2, -0.15) is 0 Å². The quantitative estimate of drug-likeness (QED) is 0.372. The molecule has 0 heterocycles. The molecule has 2 aromatic carbocycles. The van der Waals surface area contributed by atoms with Gasteiger partial charge in [-0.15, -0.1) is 0 Å². The van der Waals surface area contributed by atoms with Crippen LogP contribution in [0, 0.1) is 22.7 Å². The molecule has 0 amide bonds. The Morgan fingerprint density at radius 2 is 1.39 bits per heavy atom. The maximum atomic E-state index is 11.2. The van der Waals surface area contributed by atoms with Gasteiger partial charge in [0.1, 0.15) is 23.7 Å². The van der Waals surface area contributed by atoms with Crippen LogP contribution in [-0.4, -0.2) is 18.3 Å². The number of methoxy groups -OCH3 is 1. The van der Waals surface area contributed by atoms with Crippen LogP contribution in [0.1, 0.15) is 159 Å². The van der Waals surface area contributed by atoms with Crippen LogP contribution in [0.15, 0.2) is 30.3 Å². The molecule has 0 aromatic heterocycles. The summed E-state index contributed by atoms with van der Waals surface area (Å²) in [4.78, 5) is 0. The van der Waals surface area contributed by atoms with Gasteiger partial charge >= 0.3 is 0 Å². The van der Waals surface area contributed by atoms with E-state index < -0.39 is 0 Å². The molecule has 4 aliphatic carbocycles. The predicted molar refractivity (Wildman–Crippen MR) is 183 cm³/mol. The Morgan fingerprint density at radius 1 is 0.750 bits per heavy atom. The molecule has 0 aliphatic heterocycles. The van der Waals surface area contributed by atoms with Crippen molar-refractivity contribution >= 4 is 6.08 Å². The Hall–Kier alpha value is -2.26. The minimum absolute atomic E-state index is 0.0535. The second-order valence-electron chi connectivity index (χ2n) is 17.4. The Bertz CT molecular complexity index is 1460. The molecule has 3 nitrogen and oxygen atoms in total. The zero-order chi connectivity index (χ0) is 32.0. The Morgan fingerprint density at radius 3 is 2.02 bits per heavy atom. The van der Waals surface area contributed by atoms with Crippen molar-refractivity contribution in [2.24, 2.45) is 22.7 Å². The summed E-state index contributed by atoms with van der Waals surface area (Å²) in [6.45, 7) is 23.6. The first-order valence-corrected chi connectivity index (χ1v) is 17.5. The zero-order valence-corrected chi connectivity index (χ0v) is 29.4. The van der Waals surface area contributed by atoms with Crippen molar-refractivity contribution in [3.05, 3.63) is 63.7 Å². The summed E-state index contributed by atoms with van der Waals surface area (Å²) in [5, 5.41) is 11.2. The number of benzene rings is 2. The van der Waals surface area contributed by atoms with Gasteiger partial charge in [-0.25, -0.2) is 0 Å². The van der Waals surface area contributed by atoms with Crippen LogP contribution in [0.25, 0.3) is 6.08 Å². The van der Waals surface area contributed by atoms with E-state index in [-0.39, 0.29) is 45.7 Å². The first-order valence-electron chi connectivity index (χ1n) is 17.5. The van der Waals surface area contributed by atoms with Crippen molar-refractivity contribution < 1.29 is 14.6 Å². The average molecular weight is 599 g/mol. The fourth-order valence-electron chi connectivity index (χ4n) is 10.8. The molecule has 4 aliphatic rings. The Kier molecular flexibility index (Phi) is 7.67. The van der Waals surface area contributed by atoms with Crippen LogP contribution in [0.4, 0.5) is 0 Å². The van der Waals surface area contributed by atoms with E-state index >= 15 is 0 Å². The molecule has 2 aromatic rings. The number of rotatable bonds is 5. The molecule has 6 rings (SSSR count). The summed E-state index contributed by atoms with van der Waals surface area (Å²) in [6, 6.07) is 9.21. The average Bonchev–Trinajstić information content (AvgIpc) is 2.92. The second-order valence-corrected chi connectivity index (χ2v) is 17.4. The van der Waals surface area contributed by atoms with Crippen LogP contribution >= 0.6 is 0 Å². The van der Waals surface area contributed by atoms with Gasteiger partial charge in [0.25, 0.3) is 0 Å². The van der Waals surface area contributed by atoms with Gasteiger partial charge in [0, 0.05) is 13.0 Å². The third kappa shape index (κ3) is 4.69. The molecule has 44 heavy (non-hydrogen) atoms. The SMILES string of the molecule is CO[C@@H]1c2cc(C(C)C)c(O)cc2[C@@]2(C)CCCC(C)(C)[C@@H]2[C@H]1Oc1cc2c(cc1C(C)C)C=C[C@H]1C(C)(C)CCC[C@@]21C. The molecule has 0 unspecified atom stereocenters. The number of phenolic OH excluding ortho intramolecular Hbond substituents is 1. The molecule has 240 valence electrons. The number of fused-ring (bicyclic) bond motifs is 6. The topological polar surface area (TPSA) is 38.7 Å². The summed E-state index contributed by atoms with van der Waals surface area (Å²) < 4.78 is 14.0. The number of aromatic hydroxyl groups is 1. The van der Waals surface area contributed by atoms with Gasteiger partial charge in [-0.1, -0.05) is 94.2 Å². The molecular formula is C41H58O3. The number of hydrogen-bond donors (Lipinski definition) is 1. The van der Waals surface area contributed by atoms with Gasteiger partial charge in [-0.3, -0.25) is 0 Å². The zero-order valence-electron chi connectivity index (χ0n) is 29.4. The van der Waals surface area contributed by atoms with Crippen LogP contribution in [0.2, 0.25) is 0 Å². The van der Waals surface area contributed by atoms with Gasteiger partial charge < -0.3 is 14.6 Å². The summed E-state index contributed by atoms with van der Waals surface area (Å²) in [5.74, 6) is 2.77. The van der Waals surface area contributed by atoms with Crippen LogP contribution in [0.3, 0.4) is 0 Å². The molecule has 2 fully saturated rings. The van der Waals surface area contributed by atoms with Crippen molar-refractivity contribution in [1.29, 1.82) is 0 Å². The van der Waals surface area contributed by atoms with E-state index in [1.54, 1.807) is 0 Å². The molecule has 0 bridgehead atoms. The highest BCUT2D eigenvalue weighted by Crippen LogP contribution is 2.62. The first kappa shape index (κ1) is 31.7. The third-order valence-corrected chi connectivity index (χ3v) is 12.9. The summed E-state index contributed by atoms with van der Waals surface area (Å²) in [7, 11) is 1.85. The molecule has 1 N–H and O–H groups in total. The molecule has 0 saturated heterocycles. The van der Waals surface area contributed by atoms with E-state index in [9.17, 15) is 5.11 Å². The largest absolute Gasteiger partial charge is 0.508 e. The van der Waals surface area contributed by atoms with Crippen molar-refractivity contribution in [2.45, 2.75) is 143 Å². The van der Waals surface area contributed by atoms with E-state index in [0.29, 0.717) is 17.6 Å². The van der Waals surface area contributed by atoms with Crippen molar-refractivity contribution in [3.63, 3.8) is 0 Å². The van der Waals surface area contributed by atoms with Gasteiger partial charge in [0.2, 0.25) is 0 Å². The van der Waals surface area contributed by atoms with E-state index in [4.69, 9.17) is 9.47 Å². The molecule has 2 saturated carbocycles. The highest BCUT2D eigenvalue weighted by molar-refractivity contribution is 5.65. The second kappa shape index (κ2) is 10.6. The molecular weight excluding hydrogens is 540 g/mol. The standard InChI is InChI=1S/C41H58O3/c1-24(2)27-21-29-31(22-32(27)42)41(10)19-13-17-39(7,8)37(41)36(35(29)43-11)44-33-23-30-26(20-28(33)25(3)4)14-15-34-38(5,6)16-12-18-40(30,34)9/h14-15,20-25,34-37,42H,12-13,16-19H2,1-11H3/t34-,35+,36-,37-,40-,41+/m0/s1.